The first kappa shape index (κ1) is 13.1. The molecule has 1 heterocycles. The van der Waals surface area contributed by atoms with Gasteiger partial charge in [-0.25, -0.2) is 0 Å². The van der Waals surface area contributed by atoms with Crippen LogP contribution in [0.5, 0.6) is 0 Å². The molecule has 0 aliphatic rings. The second kappa shape index (κ2) is 5.25. The lowest BCUT2D eigenvalue weighted by molar-refractivity contribution is 0.102. The van der Waals surface area contributed by atoms with Gasteiger partial charge in [0, 0.05) is 16.8 Å². The normalized spacial score (nSPS) is 10.5. The van der Waals surface area contributed by atoms with Crippen molar-refractivity contribution in [1.29, 1.82) is 0 Å². The van der Waals surface area contributed by atoms with E-state index in [-0.39, 0.29) is 5.91 Å². The first-order chi connectivity index (χ1) is 10.1. The van der Waals surface area contributed by atoms with Crippen LogP contribution in [0.25, 0.3) is 10.9 Å². The molecule has 3 N–H and O–H groups in total. The smallest absolute Gasteiger partial charge is 0.257 e. The fourth-order valence-electron chi connectivity index (χ4n) is 2.30. The number of nitrogen functional groups attached to an aromatic ring is 1. The lowest BCUT2D eigenvalue weighted by Gasteiger charge is -2.10. The number of rotatable bonds is 2. The molecule has 0 aliphatic heterocycles. The number of amides is 1. The molecule has 0 saturated carbocycles. The highest BCUT2D eigenvalue weighted by Gasteiger charge is 2.11. The van der Waals surface area contributed by atoms with Gasteiger partial charge in [-0.1, -0.05) is 30.3 Å². The van der Waals surface area contributed by atoms with E-state index in [0.29, 0.717) is 11.3 Å². The van der Waals surface area contributed by atoms with Crippen LogP contribution in [0, 0.1) is 6.92 Å². The summed E-state index contributed by atoms with van der Waals surface area (Å²) in [6.45, 7) is 1.90. The number of pyridine rings is 1. The minimum atomic E-state index is -0.219. The Bertz CT molecular complexity index is 827. The van der Waals surface area contributed by atoms with Gasteiger partial charge >= 0.3 is 0 Å². The molecule has 0 radical (unpaired) electrons. The van der Waals surface area contributed by atoms with Gasteiger partial charge in [-0.2, -0.15) is 0 Å². The van der Waals surface area contributed by atoms with Crippen LogP contribution >= 0.6 is 0 Å². The van der Waals surface area contributed by atoms with Gasteiger partial charge < -0.3 is 11.1 Å². The predicted molar refractivity (Wildman–Crippen MR) is 85.3 cm³/mol. The van der Waals surface area contributed by atoms with Gasteiger partial charge in [0.15, 0.2) is 0 Å². The largest absolute Gasteiger partial charge is 0.398 e. The summed E-state index contributed by atoms with van der Waals surface area (Å²) in [6.07, 6.45) is 0. The van der Waals surface area contributed by atoms with E-state index in [2.05, 4.69) is 10.3 Å². The summed E-state index contributed by atoms with van der Waals surface area (Å²) in [5, 5.41) is 3.83. The van der Waals surface area contributed by atoms with E-state index >= 15 is 0 Å². The lowest BCUT2D eigenvalue weighted by atomic mass is 10.1. The highest BCUT2D eigenvalue weighted by Crippen LogP contribution is 2.24. The van der Waals surface area contributed by atoms with Gasteiger partial charge in [-0.05, 0) is 31.2 Å². The Morgan fingerprint density at radius 3 is 2.62 bits per heavy atom. The molecular weight excluding hydrogens is 262 g/mol. The molecule has 104 valence electrons. The molecule has 4 nitrogen and oxygen atoms in total. The van der Waals surface area contributed by atoms with E-state index in [0.717, 1.165) is 22.3 Å². The average molecular weight is 277 g/mol. The number of para-hydroxylation sites is 2. The number of nitrogens with one attached hydrogen (secondary N) is 1. The van der Waals surface area contributed by atoms with Crippen LogP contribution < -0.4 is 11.1 Å². The maximum atomic E-state index is 12.4. The molecule has 0 unspecified atom stereocenters. The van der Waals surface area contributed by atoms with E-state index < -0.39 is 0 Å². The third kappa shape index (κ3) is 2.56. The number of aryl methyl sites for hydroxylation is 1. The molecule has 1 amide bonds. The lowest BCUT2D eigenvalue weighted by Crippen LogP contribution is -2.14. The number of anilines is 2. The van der Waals surface area contributed by atoms with Crippen molar-refractivity contribution < 1.29 is 4.79 Å². The number of aromatic nitrogens is 1. The van der Waals surface area contributed by atoms with Crippen molar-refractivity contribution in [1.82, 2.24) is 4.98 Å². The zero-order valence-corrected chi connectivity index (χ0v) is 11.6. The number of carbonyl (C=O) groups excluding carboxylic acids is 1. The summed E-state index contributed by atoms with van der Waals surface area (Å²) in [6, 6.07) is 16.6. The molecule has 0 aliphatic carbocycles. The van der Waals surface area contributed by atoms with Crippen molar-refractivity contribution in [3.63, 3.8) is 0 Å². The summed E-state index contributed by atoms with van der Waals surface area (Å²) in [5.74, 6) is -0.219. The summed E-state index contributed by atoms with van der Waals surface area (Å²) in [4.78, 5) is 16.8. The molecule has 4 heteroatoms. The van der Waals surface area contributed by atoms with Crippen LogP contribution in [0.3, 0.4) is 0 Å². The fourth-order valence-corrected chi connectivity index (χ4v) is 2.30. The molecule has 0 atom stereocenters. The Balaban J connectivity index is 2.02. The number of nitrogens with zero attached hydrogens (tertiary/aromatic N) is 1. The first-order valence-corrected chi connectivity index (χ1v) is 6.67. The summed E-state index contributed by atoms with van der Waals surface area (Å²) in [5.41, 5.74) is 9.23. The number of hydrogen-bond acceptors (Lipinski definition) is 3. The van der Waals surface area contributed by atoms with Crippen molar-refractivity contribution in [2.75, 3.05) is 11.1 Å². The Kier molecular flexibility index (Phi) is 3.28. The van der Waals surface area contributed by atoms with Crippen molar-refractivity contribution in [3.8, 4) is 0 Å². The van der Waals surface area contributed by atoms with Crippen LogP contribution in [0.4, 0.5) is 11.4 Å². The van der Waals surface area contributed by atoms with Gasteiger partial charge in [-0.3, -0.25) is 9.78 Å². The molecule has 0 fully saturated rings. The summed E-state index contributed by atoms with van der Waals surface area (Å²) >= 11 is 0. The van der Waals surface area contributed by atoms with E-state index in [1.807, 2.05) is 37.3 Å². The molecule has 0 saturated heterocycles. The SMILES string of the molecule is Cc1cc(NC(=O)c2ccccc2N)c2ccccc2n1. The second-order valence-electron chi connectivity index (χ2n) is 4.87. The molecule has 3 rings (SSSR count). The maximum Gasteiger partial charge on any atom is 0.257 e. The zero-order chi connectivity index (χ0) is 14.8. The fraction of sp³-hybridized carbons (Fsp3) is 0.0588. The van der Waals surface area contributed by atoms with E-state index in [1.165, 1.54) is 0 Å². The predicted octanol–water partition coefficient (Wildman–Crippen LogP) is 3.38. The quantitative estimate of drug-likeness (QED) is 0.706. The minimum Gasteiger partial charge on any atom is -0.398 e. The maximum absolute atomic E-state index is 12.4. The number of carbonyl (C=O) groups is 1. The van der Waals surface area contributed by atoms with Crippen molar-refractivity contribution >= 4 is 28.2 Å². The standard InChI is InChI=1S/C17H15N3O/c1-11-10-16(13-7-3-5-9-15(13)19-11)20-17(21)12-6-2-4-8-14(12)18/h2-10H,18H2,1H3,(H,19,20,21). The first-order valence-electron chi connectivity index (χ1n) is 6.67. The second-order valence-corrected chi connectivity index (χ2v) is 4.87. The molecular formula is C17H15N3O. The summed E-state index contributed by atoms with van der Waals surface area (Å²) < 4.78 is 0. The van der Waals surface area contributed by atoms with E-state index in [9.17, 15) is 4.79 Å². The molecule has 0 bridgehead atoms. The number of benzene rings is 2. The van der Waals surface area contributed by atoms with Gasteiger partial charge in [-0.15, -0.1) is 0 Å². The average Bonchev–Trinajstić information content (AvgIpc) is 2.47. The van der Waals surface area contributed by atoms with Crippen LogP contribution in [0.2, 0.25) is 0 Å². The Morgan fingerprint density at radius 1 is 1.10 bits per heavy atom. The highest BCUT2D eigenvalue weighted by molar-refractivity contribution is 6.11. The topological polar surface area (TPSA) is 68.0 Å². The summed E-state index contributed by atoms with van der Waals surface area (Å²) in [7, 11) is 0. The number of hydrogen-bond donors (Lipinski definition) is 2. The van der Waals surface area contributed by atoms with Gasteiger partial charge in [0.05, 0.1) is 16.8 Å². The third-order valence-electron chi connectivity index (χ3n) is 3.30. The Hall–Kier alpha value is -2.88. The number of fused-ring (bicyclic) bond motifs is 1. The number of nitrogens with two attached hydrogens (primary N) is 1. The minimum absolute atomic E-state index is 0.219. The van der Waals surface area contributed by atoms with Gasteiger partial charge in [0.25, 0.3) is 5.91 Å². The van der Waals surface area contributed by atoms with Crippen molar-refractivity contribution in [3.05, 3.63) is 65.9 Å². The highest BCUT2D eigenvalue weighted by atomic mass is 16.1. The van der Waals surface area contributed by atoms with E-state index in [1.54, 1.807) is 24.3 Å². The Labute approximate surface area is 122 Å². The van der Waals surface area contributed by atoms with Crippen LogP contribution in [-0.4, -0.2) is 10.9 Å². The monoisotopic (exact) mass is 277 g/mol. The van der Waals surface area contributed by atoms with Crippen LogP contribution in [0.1, 0.15) is 16.1 Å². The van der Waals surface area contributed by atoms with E-state index in [4.69, 9.17) is 5.73 Å². The van der Waals surface area contributed by atoms with Crippen molar-refractivity contribution in [2.24, 2.45) is 0 Å². The molecule has 21 heavy (non-hydrogen) atoms. The molecule has 0 spiro atoms. The van der Waals surface area contributed by atoms with Gasteiger partial charge in [0.2, 0.25) is 0 Å². The van der Waals surface area contributed by atoms with Crippen LogP contribution in [-0.2, 0) is 0 Å². The van der Waals surface area contributed by atoms with Crippen molar-refractivity contribution in [2.45, 2.75) is 6.92 Å². The zero-order valence-electron chi connectivity index (χ0n) is 11.6. The van der Waals surface area contributed by atoms with Crippen LogP contribution in [0.15, 0.2) is 54.6 Å². The molecule has 3 aromatic rings. The van der Waals surface area contributed by atoms with Gasteiger partial charge in [0.1, 0.15) is 0 Å². The molecule has 1 aromatic heterocycles. The third-order valence-corrected chi connectivity index (χ3v) is 3.30. The molecule has 2 aromatic carbocycles. The Morgan fingerprint density at radius 2 is 1.81 bits per heavy atom.